The van der Waals surface area contributed by atoms with E-state index in [4.69, 9.17) is 0 Å². The first-order valence-corrected chi connectivity index (χ1v) is 26.5. The van der Waals surface area contributed by atoms with Gasteiger partial charge in [0.2, 0.25) is 0 Å². The van der Waals surface area contributed by atoms with Gasteiger partial charge in [-0.05, 0) is 130 Å². The molecule has 0 atom stereocenters. The summed E-state index contributed by atoms with van der Waals surface area (Å²) in [5.41, 5.74) is 16.8. The van der Waals surface area contributed by atoms with Crippen LogP contribution in [0.5, 0.6) is 0 Å². The van der Waals surface area contributed by atoms with Gasteiger partial charge in [0.25, 0.3) is 0 Å². The maximum Gasteiger partial charge on any atom is 0.0669 e. The van der Waals surface area contributed by atoms with Crippen LogP contribution in [0.4, 0.5) is 34.1 Å². The fourth-order valence-corrected chi connectivity index (χ4v) is 14.1. The van der Waals surface area contributed by atoms with Gasteiger partial charge in [-0.15, -0.1) is 22.7 Å². The van der Waals surface area contributed by atoms with E-state index in [-0.39, 0.29) is 0 Å². The fourth-order valence-electron chi connectivity index (χ4n) is 11.5. The minimum absolute atomic E-state index is 1.16. The number of benzene rings is 12. The number of rotatable bonds is 8. The van der Waals surface area contributed by atoms with E-state index in [2.05, 4.69) is 256 Å². The average Bonchev–Trinajstić information content (AvgIpc) is 4.00. The molecule has 0 saturated carbocycles. The molecule has 0 fully saturated rings. The first-order valence-electron chi connectivity index (χ1n) is 24.8. The fraction of sp³-hybridized carbons (Fsp3) is 0.0588. The Kier molecular flexibility index (Phi) is 9.86. The lowest BCUT2D eigenvalue weighted by atomic mass is 9.91. The van der Waals surface area contributed by atoms with Crippen molar-refractivity contribution in [2.24, 2.45) is 0 Å². The van der Waals surface area contributed by atoms with Gasteiger partial charge in [-0.3, -0.25) is 0 Å². The van der Waals surface area contributed by atoms with Gasteiger partial charge in [0, 0.05) is 53.1 Å². The lowest BCUT2D eigenvalue weighted by molar-refractivity contribution is 1.25. The van der Waals surface area contributed by atoms with Crippen molar-refractivity contribution >= 4 is 129 Å². The van der Waals surface area contributed by atoms with Crippen molar-refractivity contribution in [3.63, 3.8) is 0 Å². The number of nitrogens with zero attached hydrogens (tertiary/aromatic N) is 2. The van der Waals surface area contributed by atoms with Crippen LogP contribution in [0.25, 0.3) is 94.9 Å². The van der Waals surface area contributed by atoms with Crippen molar-refractivity contribution in [3.05, 3.63) is 241 Å². The van der Waals surface area contributed by atoms with Gasteiger partial charge < -0.3 is 9.80 Å². The normalized spacial score (nSPS) is 11.9. The lowest BCUT2D eigenvalue weighted by Crippen LogP contribution is -2.14. The van der Waals surface area contributed by atoms with Crippen molar-refractivity contribution in [1.82, 2.24) is 0 Å². The number of fused-ring (bicyclic) bond motifs is 6. The molecule has 342 valence electrons. The zero-order chi connectivity index (χ0) is 48.2. The Balaban J connectivity index is 1.07. The van der Waals surface area contributed by atoms with Crippen molar-refractivity contribution in [3.8, 4) is 22.3 Å². The Hall–Kier alpha value is -8.28. The summed E-state index contributed by atoms with van der Waals surface area (Å²) in [5.74, 6) is 0. The first kappa shape index (κ1) is 42.6. The molecule has 0 spiro atoms. The molecule has 0 aliphatic heterocycles. The van der Waals surface area contributed by atoms with Crippen molar-refractivity contribution in [2.45, 2.75) is 27.7 Å². The summed E-state index contributed by atoms with van der Waals surface area (Å²) in [5, 5.41) is 12.6. The third-order valence-corrected chi connectivity index (χ3v) is 17.5. The summed E-state index contributed by atoms with van der Waals surface area (Å²) < 4.78 is 5.19. The zero-order valence-corrected chi connectivity index (χ0v) is 42.1. The van der Waals surface area contributed by atoms with Crippen LogP contribution in [0, 0.1) is 27.7 Å². The zero-order valence-electron chi connectivity index (χ0n) is 40.5. The smallest absolute Gasteiger partial charge is 0.0669 e. The van der Waals surface area contributed by atoms with Crippen LogP contribution in [0.1, 0.15) is 22.3 Å². The molecule has 0 aliphatic carbocycles. The summed E-state index contributed by atoms with van der Waals surface area (Å²) in [6.07, 6.45) is 0. The second-order valence-electron chi connectivity index (χ2n) is 19.4. The highest BCUT2D eigenvalue weighted by Crippen LogP contribution is 2.54. The third kappa shape index (κ3) is 6.60. The molecule has 0 amide bonds. The van der Waals surface area contributed by atoms with Crippen LogP contribution >= 0.6 is 22.7 Å². The molecule has 0 bridgehead atoms. The molecule has 0 N–H and O–H groups in total. The van der Waals surface area contributed by atoms with Crippen LogP contribution < -0.4 is 9.80 Å². The van der Waals surface area contributed by atoms with Crippen LogP contribution in [0.15, 0.2) is 218 Å². The molecule has 0 saturated heterocycles. The minimum atomic E-state index is 1.16. The highest BCUT2D eigenvalue weighted by Gasteiger charge is 2.28. The largest absolute Gasteiger partial charge is 0.308 e. The predicted octanol–water partition coefficient (Wildman–Crippen LogP) is 20.8. The van der Waals surface area contributed by atoms with Gasteiger partial charge in [-0.1, -0.05) is 182 Å². The molecular formula is C68H48N2S2. The molecule has 2 aromatic heterocycles. The standard InChI is InChI=1S/C68H48N2S2/c1-41-23-27-49(45-15-7-5-8-16-45)39-59(41)69(65-43(3)25-33-53-51-19-11-13-21-61(51)71-67(53)65)57-37-31-47-30-36-56-58(38-32-48-29-35-55(57)63(47)64(48)56)70(60-40-50(28-24-42(60)2)46-17-9-6-10-18-46)66-44(4)26-34-54-52-20-12-14-22-62(52)72-68(54)66/h5-40H,1-4H3. The van der Waals surface area contributed by atoms with E-state index < -0.39 is 0 Å². The highest BCUT2D eigenvalue weighted by molar-refractivity contribution is 7.26. The van der Waals surface area contributed by atoms with E-state index in [1.807, 2.05) is 22.7 Å². The van der Waals surface area contributed by atoms with E-state index in [1.165, 1.54) is 140 Å². The Morgan fingerprint density at radius 1 is 0.278 bits per heavy atom. The Morgan fingerprint density at radius 3 is 1.10 bits per heavy atom. The molecule has 4 heteroatoms. The molecule has 0 aliphatic rings. The molecule has 0 unspecified atom stereocenters. The Morgan fingerprint density at radius 2 is 0.653 bits per heavy atom. The number of hydrogen-bond donors (Lipinski definition) is 0. The lowest BCUT2D eigenvalue weighted by Gasteiger charge is -2.32. The van der Waals surface area contributed by atoms with E-state index in [0.717, 1.165) is 11.4 Å². The number of aryl methyl sites for hydroxylation is 4. The molecule has 72 heavy (non-hydrogen) atoms. The molecule has 14 rings (SSSR count). The molecule has 14 aromatic rings. The molecule has 2 heterocycles. The molecule has 2 nitrogen and oxygen atoms in total. The molecule has 12 aromatic carbocycles. The van der Waals surface area contributed by atoms with Crippen molar-refractivity contribution in [2.75, 3.05) is 9.80 Å². The van der Waals surface area contributed by atoms with E-state index in [9.17, 15) is 0 Å². The quantitative estimate of drug-likeness (QED) is 0.140. The predicted molar refractivity (Wildman–Crippen MR) is 315 cm³/mol. The molecule has 0 radical (unpaired) electrons. The topological polar surface area (TPSA) is 6.48 Å². The van der Waals surface area contributed by atoms with E-state index in [0.29, 0.717) is 0 Å². The van der Waals surface area contributed by atoms with Gasteiger partial charge in [0.05, 0.1) is 32.1 Å². The maximum absolute atomic E-state index is 2.60. The van der Waals surface area contributed by atoms with E-state index in [1.54, 1.807) is 0 Å². The number of hydrogen-bond acceptors (Lipinski definition) is 4. The first-order chi connectivity index (χ1) is 35.4. The summed E-state index contributed by atoms with van der Waals surface area (Å²) in [7, 11) is 0. The van der Waals surface area contributed by atoms with E-state index >= 15 is 0 Å². The van der Waals surface area contributed by atoms with Gasteiger partial charge in [0.1, 0.15) is 0 Å². The summed E-state index contributed by atoms with van der Waals surface area (Å²) in [6.45, 7) is 9.10. The number of thiophene rings is 2. The average molecular weight is 957 g/mol. The second-order valence-corrected chi connectivity index (χ2v) is 21.5. The molecular weight excluding hydrogens is 909 g/mol. The van der Waals surface area contributed by atoms with Crippen molar-refractivity contribution < 1.29 is 0 Å². The maximum atomic E-state index is 2.60. The minimum Gasteiger partial charge on any atom is -0.308 e. The van der Waals surface area contributed by atoms with Gasteiger partial charge in [-0.25, -0.2) is 0 Å². The SMILES string of the molecule is Cc1ccc(-c2ccccc2)cc1N(c1ccc2ccc3c(N(c4cc(-c5ccccc5)ccc4C)c4c(C)ccc5c4sc4ccccc45)ccc4ccc1c2c43)c1c(C)ccc2c1sc1ccccc12. The summed E-state index contributed by atoms with van der Waals surface area (Å²) in [4.78, 5) is 5.19. The highest BCUT2D eigenvalue weighted by atomic mass is 32.1. The second kappa shape index (κ2) is 16.7. The van der Waals surface area contributed by atoms with Crippen LogP contribution in [-0.2, 0) is 0 Å². The van der Waals surface area contributed by atoms with Crippen molar-refractivity contribution in [1.29, 1.82) is 0 Å². The van der Waals surface area contributed by atoms with Crippen LogP contribution in [0.2, 0.25) is 0 Å². The van der Waals surface area contributed by atoms with Gasteiger partial charge in [-0.2, -0.15) is 0 Å². The Bertz CT molecular complexity index is 4160. The summed E-state index contributed by atoms with van der Waals surface area (Å²) >= 11 is 3.80. The van der Waals surface area contributed by atoms with Crippen LogP contribution in [-0.4, -0.2) is 0 Å². The monoisotopic (exact) mass is 956 g/mol. The Labute approximate surface area is 427 Å². The third-order valence-electron chi connectivity index (χ3n) is 15.1. The van der Waals surface area contributed by atoms with Crippen LogP contribution in [0.3, 0.4) is 0 Å². The van der Waals surface area contributed by atoms with Gasteiger partial charge >= 0.3 is 0 Å². The van der Waals surface area contributed by atoms with Gasteiger partial charge in [0.15, 0.2) is 0 Å². The number of anilines is 6. The summed E-state index contributed by atoms with van der Waals surface area (Å²) in [6, 6.07) is 81.6.